The van der Waals surface area contributed by atoms with Crippen molar-refractivity contribution < 1.29 is 9.90 Å². The smallest absolute Gasteiger partial charge is 0.306 e. The van der Waals surface area contributed by atoms with Gasteiger partial charge in [0.2, 0.25) is 0 Å². The minimum atomic E-state index is -0.596. The summed E-state index contributed by atoms with van der Waals surface area (Å²) >= 11 is 0. The van der Waals surface area contributed by atoms with Crippen LogP contribution in [-0.2, 0) is 4.79 Å². The van der Waals surface area contributed by atoms with E-state index in [1.165, 1.54) is 0 Å². The maximum absolute atomic E-state index is 10.7. The summed E-state index contributed by atoms with van der Waals surface area (Å²) in [5.74, 6) is 0.294. The van der Waals surface area contributed by atoms with Crippen LogP contribution in [0.3, 0.4) is 0 Å². The monoisotopic (exact) mass is 156 g/mol. The lowest BCUT2D eigenvalue weighted by molar-refractivity contribution is -0.143. The lowest BCUT2D eigenvalue weighted by Crippen LogP contribution is -2.21. The van der Waals surface area contributed by atoms with Gasteiger partial charge >= 0.3 is 5.97 Å². The van der Waals surface area contributed by atoms with E-state index in [1.54, 1.807) is 0 Å². The van der Waals surface area contributed by atoms with E-state index in [-0.39, 0.29) is 5.92 Å². The third-order valence-electron chi connectivity index (χ3n) is 2.74. The molecule has 1 saturated carbocycles. The minimum Gasteiger partial charge on any atom is -0.481 e. The lowest BCUT2D eigenvalue weighted by atomic mass is 9.86. The molecule has 2 nitrogen and oxygen atoms in total. The topological polar surface area (TPSA) is 37.3 Å². The number of hydrogen-bond donors (Lipinski definition) is 1. The summed E-state index contributed by atoms with van der Waals surface area (Å²) in [6.45, 7) is 4.23. The molecule has 2 heteroatoms. The number of rotatable bonds is 2. The Morgan fingerprint density at radius 1 is 1.45 bits per heavy atom. The van der Waals surface area contributed by atoms with Crippen LogP contribution in [0.25, 0.3) is 0 Å². The van der Waals surface area contributed by atoms with E-state index in [4.69, 9.17) is 5.11 Å². The second-order valence-corrected chi connectivity index (χ2v) is 3.78. The third kappa shape index (κ3) is 1.73. The Kier molecular flexibility index (Phi) is 2.53. The number of aliphatic carboxylic acids is 1. The first-order chi connectivity index (χ1) is 5.13. The highest BCUT2D eigenvalue weighted by Gasteiger charge is 2.34. The Morgan fingerprint density at radius 3 is 2.45 bits per heavy atom. The Morgan fingerprint density at radius 2 is 2.09 bits per heavy atom. The van der Waals surface area contributed by atoms with E-state index in [0.29, 0.717) is 11.8 Å². The molecule has 1 aliphatic carbocycles. The molecule has 0 unspecified atom stereocenters. The Labute approximate surface area is 67.6 Å². The zero-order valence-electron chi connectivity index (χ0n) is 7.21. The van der Waals surface area contributed by atoms with Gasteiger partial charge in [0.15, 0.2) is 0 Å². The molecule has 2 atom stereocenters. The molecule has 0 bridgehead atoms. The summed E-state index contributed by atoms with van der Waals surface area (Å²) in [5.41, 5.74) is 0. The van der Waals surface area contributed by atoms with E-state index in [9.17, 15) is 4.79 Å². The average molecular weight is 156 g/mol. The average Bonchev–Trinajstić information content (AvgIpc) is 2.32. The molecular weight excluding hydrogens is 140 g/mol. The molecule has 0 aromatic carbocycles. The highest BCUT2D eigenvalue weighted by molar-refractivity contribution is 5.70. The van der Waals surface area contributed by atoms with Gasteiger partial charge in [-0.3, -0.25) is 4.79 Å². The van der Waals surface area contributed by atoms with E-state index in [1.807, 2.05) is 0 Å². The summed E-state index contributed by atoms with van der Waals surface area (Å²) in [7, 11) is 0. The molecule has 0 aromatic heterocycles. The van der Waals surface area contributed by atoms with Crippen LogP contribution in [-0.4, -0.2) is 11.1 Å². The van der Waals surface area contributed by atoms with Gasteiger partial charge in [-0.25, -0.2) is 0 Å². The van der Waals surface area contributed by atoms with Crippen molar-refractivity contribution in [2.75, 3.05) is 0 Å². The molecule has 0 aliphatic heterocycles. The van der Waals surface area contributed by atoms with Crippen molar-refractivity contribution in [1.82, 2.24) is 0 Å². The van der Waals surface area contributed by atoms with Crippen LogP contribution < -0.4 is 0 Å². The Hall–Kier alpha value is -0.530. The molecule has 0 saturated heterocycles. The molecule has 0 spiro atoms. The standard InChI is InChI=1S/C9H16O2/c1-6(2)7-4-3-5-8(7)9(10)11/h6-8H,3-5H2,1-2H3,(H,10,11)/t7-,8+/m1/s1. The van der Waals surface area contributed by atoms with Gasteiger partial charge in [0.05, 0.1) is 5.92 Å². The summed E-state index contributed by atoms with van der Waals surface area (Å²) in [6, 6.07) is 0. The molecule has 0 radical (unpaired) electrons. The van der Waals surface area contributed by atoms with Gasteiger partial charge < -0.3 is 5.11 Å². The van der Waals surface area contributed by atoms with E-state index in [0.717, 1.165) is 19.3 Å². The van der Waals surface area contributed by atoms with Crippen molar-refractivity contribution in [3.05, 3.63) is 0 Å². The van der Waals surface area contributed by atoms with E-state index >= 15 is 0 Å². The van der Waals surface area contributed by atoms with Gasteiger partial charge in [-0.1, -0.05) is 20.3 Å². The fraction of sp³-hybridized carbons (Fsp3) is 0.889. The number of carboxylic acid groups (broad SMARTS) is 1. The maximum Gasteiger partial charge on any atom is 0.306 e. The summed E-state index contributed by atoms with van der Waals surface area (Å²) < 4.78 is 0. The molecule has 64 valence electrons. The van der Waals surface area contributed by atoms with Crippen LogP contribution in [0.5, 0.6) is 0 Å². The molecular formula is C9H16O2. The summed E-state index contributed by atoms with van der Waals surface area (Å²) in [5, 5.41) is 8.83. The molecule has 0 amide bonds. The quantitative estimate of drug-likeness (QED) is 0.665. The highest BCUT2D eigenvalue weighted by Crippen LogP contribution is 2.36. The van der Waals surface area contributed by atoms with Crippen LogP contribution in [0.4, 0.5) is 0 Å². The van der Waals surface area contributed by atoms with Crippen molar-refractivity contribution in [3.8, 4) is 0 Å². The van der Waals surface area contributed by atoms with Crippen molar-refractivity contribution in [1.29, 1.82) is 0 Å². The second-order valence-electron chi connectivity index (χ2n) is 3.78. The number of hydrogen-bond acceptors (Lipinski definition) is 1. The van der Waals surface area contributed by atoms with Gasteiger partial charge in [-0.2, -0.15) is 0 Å². The first-order valence-corrected chi connectivity index (χ1v) is 4.35. The summed E-state index contributed by atoms with van der Waals surface area (Å²) in [6.07, 6.45) is 3.09. The summed E-state index contributed by atoms with van der Waals surface area (Å²) in [4.78, 5) is 10.7. The van der Waals surface area contributed by atoms with Crippen LogP contribution >= 0.6 is 0 Å². The molecule has 1 rings (SSSR count). The second kappa shape index (κ2) is 3.24. The van der Waals surface area contributed by atoms with E-state index in [2.05, 4.69) is 13.8 Å². The van der Waals surface area contributed by atoms with Gasteiger partial charge in [-0.15, -0.1) is 0 Å². The predicted octanol–water partition coefficient (Wildman–Crippen LogP) is 2.14. The number of carbonyl (C=O) groups is 1. The Balaban J connectivity index is 2.58. The van der Waals surface area contributed by atoms with E-state index < -0.39 is 5.97 Å². The molecule has 1 N–H and O–H groups in total. The normalized spacial score (nSPS) is 31.2. The largest absolute Gasteiger partial charge is 0.481 e. The third-order valence-corrected chi connectivity index (χ3v) is 2.74. The fourth-order valence-electron chi connectivity index (χ4n) is 2.09. The SMILES string of the molecule is CC(C)[C@H]1CCC[C@@H]1C(=O)O. The Bertz CT molecular complexity index is 152. The minimum absolute atomic E-state index is 0.0602. The lowest BCUT2D eigenvalue weighted by Gasteiger charge is -2.18. The highest BCUT2D eigenvalue weighted by atomic mass is 16.4. The van der Waals surface area contributed by atoms with Gasteiger partial charge in [0.25, 0.3) is 0 Å². The predicted molar refractivity (Wildman–Crippen MR) is 43.3 cm³/mol. The van der Waals surface area contributed by atoms with Gasteiger partial charge in [0.1, 0.15) is 0 Å². The maximum atomic E-state index is 10.7. The van der Waals surface area contributed by atoms with Crippen LogP contribution in [0.1, 0.15) is 33.1 Å². The molecule has 1 aliphatic rings. The zero-order chi connectivity index (χ0) is 8.43. The first kappa shape index (κ1) is 8.57. The first-order valence-electron chi connectivity index (χ1n) is 4.35. The van der Waals surface area contributed by atoms with Crippen LogP contribution in [0.15, 0.2) is 0 Å². The van der Waals surface area contributed by atoms with Crippen molar-refractivity contribution >= 4 is 5.97 Å². The molecule has 11 heavy (non-hydrogen) atoms. The molecule has 1 fully saturated rings. The fourth-order valence-corrected chi connectivity index (χ4v) is 2.09. The van der Waals surface area contributed by atoms with Crippen LogP contribution in [0, 0.1) is 17.8 Å². The zero-order valence-corrected chi connectivity index (χ0v) is 7.21. The van der Waals surface area contributed by atoms with Gasteiger partial charge in [-0.05, 0) is 24.7 Å². The number of carboxylic acids is 1. The van der Waals surface area contributed by atoms with Crippen molar-refractivity contribution in [2.24, 2.45) is 17.8 Å². The van der Waals surface area contributed by atoms with Gasteiger partial charge in [0, 0.05) is 0 Å². The molecule has 0 heterocycles. The van der Waals surface area contributed by atoms with Crippen LogP contribution in [0.2, 0.25) is 0 Å². The molecule has 0 aromatic rings. The van der Waals surface area contributed by atoms with Crippen molar-refractivity contribution in [3.63, 3.8) is 0 Å². The van der Waals surface area contributed by atoms with Crippen molar-refractivity contribution in [2.45, 2.75) is 33.1 Å².